The maximum atomic E-state index is 12.8. The van der Waals surface area contributed by atoms with Crippen LogP contribution in [0.15, 0.2) is 54.9 Å². The van der Waals surface area contributed by atoms with Crippen LogP contribution in [0.5, 0.6) is 0 Å². The number of aryl methyl sites for hydroxylation is 1. The van der Waals surface area contributed by atoms with Gasteiger partial charge in [0.15, 0.2) is 5.82 Å². The Balaban J connectivity index is 1.54. The Labute approximate surface area is 132 Å². The molecule has 1 heterocycles. The zero-order valence-corrected chi connectivity index (χ0v) is 12.3. The van der Waals surface area contributed by atoms with Gasteiger partial charge in [-0.15, -0.1) is 0 Å². The Morgan fingerprint density at radius 2 is 1.83 bits per heavy atom. The van der Waals surface area contributed by atoms with Crippen LogP contribution in [-0.2, 0) is 11.2 Å². The largest absolute Gasteiger partial charge is 0.326 e. The fourth-order valence-corrected chi connectivity index (χ4v) is 2.19. The number of hydrogen-bond donors (Lipinski definition) is 2. The van der Waals surface area contributed by atoms with Gasteiger partial charge in [-0.1, -0.05) is 12.1 Å². The Kier molecular flexibility index (Phi) is 4.42. The summed E-state index contributed by atoms with van der Waals surface area (Å²) in [6, 6.07) is 13.5. The van der Waals surface area contributed by atoms with E-state index in [1.165, 1.54) is 18.5 Å². The summed E-state index contributed by atoms with van der Waals surface area (Å²) in [5, 5.41) is 9.42. The minimum absolute atomic E-state index is 0.0817. The minimum atomic E-state index is -0.273. The fraction of sp³-hybridized carbons (Fsp3) is 0.118. The van der Waals surface area contributed by atoms with Gasteiger partial charge in [0, 0.05) is 17.7 Å². The van der Waals surface area contributed by atoms with Crippen LogP contribution in [0.2, 0.25) is 0 Å². The van der Waals surface area contributed by atoms with Gasteiger partial charge in [-0.05, 0) is 48.4 Å². The molecule has 0 saturated carbocycles. The molecule has 3 aromatic rings. The van der Waals surface area contributed by atoms with E-state index >= 15 is 0 Å². The van der Waals surface area contributed by atoms with Gasteiger partial charge in [0.05, 0.1) is 0 Å². The van der Waals surface area contributed by atoms with Gasteiger partial charge < -0.3 is 5.32 Å². The SMILES string of the molecule is O=C(CCc1ccc(F)cc1)Nc1ccc(-c2ncn[nH]2)cc1. The first-order chi connectivity index (χ1) is 11.2. The molecule has 3 rings (SSSR count). The molecular formula is C17H15FN4O. The van der Waals surface area contributed by atoms with Crippen LogP contribution in [0.4, 0.5) is 10.1 Å². The highest BCUT2D eigenvalue weighted by molar-refractivity contribution is 5.91. The van der Waals surface area contributed by atoms with Crippen LogP contribution >= 0.6 is 0 Å². The standard InChI is InChI=1S/C17H15FN4O/c18-14-6-1-12(2-7-14)3-10-16(23)21-15-8-4-13(5-9-15)17-19-11-20-22-17/h1-2,4-9,11H,3,10H2,(H,21,23)(H,19,20,22). The first kappa shape index (κ1) is 14.9. The van der Waals surface area contributed by atoms with Crippen LogP contribution in [0, 0.1) is 5.82 Å². The summed E-state index contributed by atoms with van der Waals surface area (Å²) in [5.74, 6) is 0.325. The van der Waals surface area contributed by atoms with E-state index in [4.69, 9.17) is 0 Å². The maximum absolute atomic E-state index is 12.8. The quantitative estimate of drug-likeness (QED) is 0.760. The lowest BCUT2D eigenvalue weighted by Crippen LogP contribution is -2.12. The van der Waals surface area contributed by atoms with Crippen LogP contribution in [0.25, 0.3) is 11.4 Å². The van der Waals surface area contributed by atoms with Gasteiger partial charge in [-0.3, -0.25) is 9.89 Å². The van der Waals surface area contributed by atoms with Crippen molar-refractivity contribution in [1.29, 1.82) is 0 Å². The lowest BCUT2D eigenvalue weighted by Gasteiger charge is -2.06. The molecule has 0 aliphatic carbocycles. The van der Waals surface area contributed by atoms with Gasteiger partial charge >= 0.3 is 0 Å². The monoisotopic (exact) mass is 310 g/mol. The molecule has 0 radical (unpaired) electrons. The molecule has 2 N–H and O–H groups in total. The van der Waals surface area contributed by atoms with E-state index in [-0.39, 0.29) is 11.7 Å². The molecular weight excluding hydrogens is 295 g/mol. The first-order valence-electron chi connectivity index (χ1n) is 7.21. The highest BCUT2D eigenvalue weighted by Crippen LogP contribution is 2.17. The van der Waals surface area contributed by atoms with E-state index < -0.39 is 0 Å². The number of nitrogens with zero attached hydrogens (tertiary/aromatic N) is 2. The third-order valence-electron chi connectivity index (χ3n) is 3.41. The number of aromatic amines is 1. The molecule has 0 aliphatic heterocycles. The number of carbonyl (C=O) groups excluding carboxylic acids is 1. The number of rotatable bonds is 5. The van der Waals surface area contributed by atoms with Crippen molar-refractivity contribution in [1.82, 2.24) is 15.2 Å². The van der Waals surface area contributed by atoms with Crippen molar-refractivity contribution in [2.75, 3.05) is 5.32 Å². The van der Waals surface area contributed by atoms with Crippen molar-refractivity contribution in [2.45, 2.75) is 12.8 Å². The zero-order valence-electron chi connectivity index (χ0n) is 12.3. The number of hydrogen-bond acceptors (Lipinski definition) is 3. The Bertz CT molecular complexity index is 767. The number of amides is 1. The molecule has 1 amide bonds. The fourth-order valence-electron chi connectivity index (χ4n) is 2.19. The van der Waals surface area contributed by atoms with E-state index in [0.717, 1.165) is 16.8 Å². The van der Waals surface area contributed by atoms with E-state index in [1.54, 1.807) is 12.1 Å². The molecule has 2 aromatic carbocycles. The number of anilines is 1. The second-order valence-corrected chi connectivity index (χ2v) is 5.09. The number of carbonyl (C=O) groups is 1. The summed E-state index contributed by atoms with van der Waals surface area (Å²) >= 11 is 0. The first-order valence-corrected chi connectivity index (χ1v) is 7.21. The van der Waals surface area contributed by atoms with Crippen LogP contribution < -0.4 is 5.32 Å². The Morgan fingerprint density at radius 3 is 2.48 bits per heavy atom. The summed E-state index contributed by atoms with van der Waals surface area (Å²) in [4.78, 5) is 16.0. The second-order valence-electron chi connectivity index (χ2n) is 5.09. The van der Waals surface area contributed by atoms with E-state index in [1.807, 2.05) is 24.3 Å². The lowest BCUT2D eigenvalue weighted by atomic mass is 10.1. The van der Waals surface area contributed by atoms with Crippen LogP contribution in [-0.4, -0.2) is 21.1 Å². The maximum Gasteiger partial charge on any atom is 0.224 e. The second kappa shape index (κ2) is 6.83. The summed E-state index contributed by atoms with van der Waals surface area (Å²) < 4.78 is 12.8. The van der Waals surface area contributed by atoms with Crippen molar-refractivity contribution in [2.24, 2.45) is 0 Å². The molecule has 6 heteroatoms. The van der Waals surface area contributed by atoms with Crippen molar-refractivity contribution in [3.63, 3.8) is 0 Å². The molecule has 0 spiro atoms. The highest BCUT2D eigenvalue weighted by Gasteiger charge is 2.05. The van der Waals surface area contributed by atoms with Gasteiger partial charge in [-0.2, -0.15) is 5.10 Å². The Hall–Kier alpha value is -3.02. The molecule has 23 heavy (non-hydrogen) atoms. The number of aromatic nitrogens is 3. The molecule has 0 unspecified atom stereocenters. The summed E-state index contributed by atoms with van der Waals surface area (Å²) in [7, 11) is 0. The van der Waals surface area contributed by atoms with Crippen LogP contribution in [0.1, 0.15) is 12.0 Å². The molecule has 1 aromatic heterocycles. The predicted molar refractivity (Wildman–Crippen MR) is 85.2 cm³/mol. The zero-order chi connectivity index (χ0) is 16.1. The predicted octanol–water partition coefficient (Wildman–Crippen LogP) is 3.18. The topological polar surface area (TPSA) is 70.7 Å². The number of benzene rings is 2. The average molecular weight is 310 g/mol. The van der Waals surface area contributed by atoms with Crippen molar-refractivity contribution >= 4 is 11.6 Å². The van der Waals surface area contributed by atoms with Gasteiger partial charge in [0.25, 0.3) is 0 Å². The molecule has 116 valence electrons. The van der Waals surface area contributed by atoms with E-state index in [9.17, 15) is 9.18 Å². The lowest BCUT2D eigenvalue weighted by molar-refractivity contribution is -0.116. The molecule has 5 nitrogen and oxygen atoms in total. The molecule has 0 saturated heterocycles. The molecule has 0 fully saturated rings. The third-order valence-corrected chi connectivity index (χ3v) is 3.41. The average Bonchev–Trinajstić information content (AvgIpc) is 3.09. The van der Waals surface area contributed by atoms with Gasteiger partial charge in [0.2, 0.25) is 5.91 Å². The van der Waals surface area contributed by atoms with E-state index in [2.05, 4.69) is 20.5 Å². The molecule has 0 bridgehead atoms. The van der Waals surface area contributed by atoms with Gasteiger partial charge in [-0.25, -0.2) is 9.37 Å². The van der Waals surface area contributed by atoms with Gasteiger partial charge in [0.1, 0.15) is 12.1 Å². The van der Waals surface area contributed by atoms with E-state index in [0.29, 0.717) is 18.7 Å². The summed E-state index contributed by atoms with van der Waals surface area (Å²) in [6.45, 7) is 0. The van der Waals surface area contributed by atoms with Crippen molar-refractivity contribution in [3.8, 4) is 11.4 Å². The smallest absolute Gasteiger partial charge is 0.224 e. The highest BCUT2D eigenvalue weighted by atomic mass is 19.1. The summed E-state index contributed by atoms with van der Waals surface area (Å²) in [6.07, 6.45) is 2.36. The number of nitrogens with one attached hydrogen (secondary N) is 2. The number of H-pyrrole nitrogens is 1. The summed E-state index contributed by atoms with van der Waals surface area (Å²) in [5.41, 5.74) is 2.55. The molecule has 0 atom stereocenters. The Morgan fingerprint density at radius 1 is 1.09 bits per heavy atom. The minimum Gasteiger partial charge on any atom is -0.326 e. The van der Waals surface area contributed by atoms with Crippen LogP contribution in [0.3, 0.4) is 0 Å². The van der Waals surface area contributed by atoms with Crippen molar-refractivity contribution in [3.05, 3.63) is 66.2 Å². The number of halogens is 1. The van der Waals surface area contributed by atoms with Crippen molar-refractivity contribution < 1.29 is 9.18 Å². The third kappa shape index (κ3) is 4.00. The molecule has 0 aliphatic rings. The normalized spacial score (nSPS) is 10.5.